The van der Waals surface area contributed by atoms with Gasteiger partial charge in [0.1, 0.15) is 20.5 Å². The molecule has 0 aliphatic carbocycles. The van der Waals surface area contributed by atoms with Crippen LogP contribution in [-0.4, -0.2) is 25.3 Å². The number of carbonyl (C=O) groups is 2. The number of anilines is 2. The first-order chi connectivity index (χ1) is 14.4. The molecule has 0 atom stereocenters. The molecule has 0 bridgehead atoms. The molecule has 0 aliphatic heterocycles. The minimum Gasteiger partial charge on any atom is -0.336 e. The first kappa shape index (κ1) is 23.3. The SMILES string of the molecule is CC(=O)c1cc(C)cc(C)c1NC(=O)c1sc(Cl)cc1S(=O)(=O)Nc1onc(C)c1Cl. The van der Waals surface area contributed by atoms with Crippen LogP contribution in [0.2, 0.25) is 9.36 Å². The Kier molecular flexibility index (Phi) is 6.47. The minimum absolute atomic E-state index is 0.00252. The van der Waals surface area contributed by atoms with Crippen LogP contribution in [0.25, 0.3) is 0 Å². The van der Waals surface area contributed by atoms with Crippen molar-refractivity contribution < 1.29 is 22.5 Å². The van der Waals surface area contributed by atoms with Crippen LogP contribution in [0.1, 0.15) is 43.8 Å². The van der Waals surface area contributed by atoms with Crippen molar-refractivity contribution in [3.05, 3.63) is 54.8 Å². The lowest BCUT2D eigenvalue weighted by Crippen LogP contribution is -2.19. The number of halogens is 2. The maximum Gasteiger partial charge on any atom is 0.267 e. The number of sulfonamides is 1. The second-order valence-corrected chi connectivity index (χ2v) is 10.5. The number of Topliss-reactive ketones (excluding diaryl/α,β-unsaturated/α-hetero) is 1. The summed E-state index contributed by atoms with van der Waals surface area (Å²) in [5.41, 5.74) is 2.43. The van der Waals surface area contributed by atoms with E-state index in [1.54, 1.807) is 26.0 Å². The van der Waals surface area contributed by atoms with Gasteiger partial charge in [0.2, 0.25) is 0 Å². The third-order valence-electron chi connectivity index (χ3n) is 4.28. The molecule has 0 radical (unpaired) electrons. The molecule has 164 valence electrons. The number of amides is 1. The number of thiophene rings is 1. The van der Waals surface area contributed by atoms with Gasteiger partial charge in [0.25, 0.3) is 21.8 Å². The van der Waals surface area contributed by atoms with E-state index in [0.29, 0.717) is 22.5 Å². The highest BCUT2D eigenvalue weighted by Gasteiger charge is 2.29. The fourth-order valence-electron chi connectivity index (χ4n) is 2.88. The molecule has 3 rings (SSSR count). The Hall–Kier alpha value is -2.40. The van der Waals surface area contributed by atoms with E-state index in [9.17, 15) is 18.0 Å². The molecule has 0 saturated carbocycles. The van der Waals surface area contributed by atoms with Gasteiger partial charge in [-0.1, -0.05) is 34.4 Å². The van der Waals surface area contributed by atoms with Gasteiger partial charge >= 0.3 is 0 Å². The zero-order valence-corrected chi connectivity index (χ0v) is 19.9. The number of hydrogen-bond donors (Lipinski definition) is 2. The van der Waals surface area contributed by atoms with E-state index in [-0.39, 0.29) is 30.8 Å². The predicted molar refractivity (Wildman–Crippen MR) is 120 cm³/mol. The van der Waals surface area contributed by atoms with Gasteiger partial charge in [-0.25, -0.2) is 13.1 Å². The lowest BCUT2D eigenvalue weighted by atomic mass is 10.0. The molecule has 0 unspecified atom stereocenters. The molecule has 2 N–H and O–H groups in total. The normalized spacial score (nSPS) is 11.4. The number of ketones is 1. The van der Waals surface area contributed by atoms with Gasteiger partial charge in [0.05, 0.1) is 10.0 Å². The monoisotopic (exact) mass is 501 g/mol. The molecular weight excluding hydrogens is 485 g/mol. The van der Waals surface area contributed by atoms with Crippen LogP contribution in [0.15, 0.2) is 27.6 Å². The summed E-state index contributed by atoms with van der Waals surface area (Å²) < 4.78 is 32.9. The molecule has 3 aromatic rings. The zero-order valence-electron chi connectivity index (χ0n) is 16.8. The Balaban J connectivity index is 2.00. The number of nitrogens with zero attached hydrogens (tertiary/aromatic N) is 1. The van der Waals surface area contributed by atoms with Crippen molar-refractivity contribution in [3.63, 3.8) is 0 Å². The van der Waals surface area contributed by atoms with Crippen molar-refractivity contribution in [2.45, 2.75) is 32.6 Å². The molecule has 12 heteroatoms. The molecule has 8 nitrogen and oxygen atoms in total. The summed E-state index contributed by atoms with van der Waals surface area (Å²) in [6, 6.07) is 4.60. The van der Waals surface area contributed by atoms with E-state index < -0.39 is 15.9 Å². The van der Waals surface area contributed by atoms with Gasteiger partial charge < -0.3 is 9.84 Å². The maximum absolute atomic E-state index is 13.0. The second kappa shape index (κ2) is 8.62. The van der Waals surface area contributed by atoms with Crippen molar-refractivity contribution in [2.24, 2.45) is 0 Å². The quantitative estimate of drug-likeness (QED) is 0.446. The van der Waals surface area contributed by atoms with Gasteiger partial charge in [-0.15, -0.1) is 11.3 Å². The number of rotatable bonds is 6. The third-order valence-corrected chi connectivity index (χ3v) is 7.47. The first-order valence-corrected chi connectivity index (χ1v) is 11.8. The minimum atomic E-state index is -4.28. The van der Waals surface area contributed by atoms with E-state index in [2.05, 4.69) is 15.2 Å². The van der Waals surface area contributed by atoms with Crippen molar-refractivity contribution in [2.75, 3.05) is 10.0 Å². The number of nitrogens with one attached hydrogen (secondary N) is 2. The molecule has 31 heavy (non-hydrogen) atoms. The number of aryl methyl sites for hydroxylation is 3. The van der Waals surface area contributed by atoms with Crippen molar-refractivity contribution in [1.82, 2.24) is 5.16 Å². The Morgan fingerprint density at radius 1 is 1.13 bits per heavy atom. The van der Waals surface area contributed by atoms with Crippen molar-refractivity contribution in [3.8, 4) is 0 Å². The van der Waals surface area contributed by atoms with Crippen LogP contribution in [0.4, 0.5) is 11.6 Å². The molecule has 1 aromatic carbocycles. The Morgan fingerprint density at radius 3 is 2.39 bits per heavy atom. The molecule has 0 spiro atoms. The number of benzene rings is 1. The lowest BCUT2D eigenvalue weighted by molar-refractivity contribution is 0.101. The summed E-state index contributed by atoms with van der Waals surface area (Å²) in [7, 11) is -4.28. The fraction of sp³-hybridized carbons (Fsp3) is 0.211. The maximum atomic E-state index is 13.0. The summed E-state index contributed by atoms with van der Waals surface area (Å²) in [5, 5.41) is 6.23. The van der Waals surface area contributed by atoms with Crippen LogP contribution < -0.4 is 10.0 Å². The van der Waals surface area contributed by atoms with E-state index in [0.717, 1.165) is 23.0 Å². The fourth-order valence-corrected chi connectivity index (χ4v) is 5.77. The van der Waals surface area contributed by atoms with Crippen LogP contribution in [0.3, 0.4) is 0 Å². The molecule has 2 aromatic heterocycles. The van der Waals surface area contributed by atoms with Gasteiger partial charge in [-0.3, -0.25) is 9.59 Å². The Bertz CT molecular complexity index is 1310. The van der Waals surface area contributed by atoms with Gasteiger partial charge in [0.15, 0.2) is 5.78 Å². The topological polar surface area (TPSA) is 118 Å². The average molecular weight is 502 g/mol. The highest BCUT2D eigenvalue weighted by Crippen LogP contribution is 2.34. The largest absolute Gasteiger partial charge is 0.336 e. The van der Waals surface area contributed by atoms with Crippen LogP contribution in [0, 0.1) is 20.8 Å². The summed E-state index contributed by atoms with van der Waals surface area (Å²) in [6.45, 7) is 6.50. The standard InChI is InChI=1S/C19H17Cl2N3O5S2/c1-8-5-9(2)16(12(6-8)11(4)25)22-18(26)17-13(7-14(20)30-17)31(27,28)24-19-15(21)10(3)23-29-19/h5-7,24H,1-4H3,(H,22,26). The third kappa shape index (κ3) is 4.77. The van der Waals surface area contributed by atoms with Gasteiger partial charge in [-0.2, -0.15) is 0 Å². The molecule has 0 fully saturated rings. The smallest absolute Gasteiger partial charge is 0.267 e. The van der Waals surface area contributed by atoms with Crippen LogP contribution in [0.5, 0.6) is 0 Å². The first-order valence-electron chi connectivity index (χ1n) is 8.78. The highest BCUT2D eigenvalue weighted by molar-refractivity contribution is 7.93. The van der Waals surface area contributed by atoms with Crippen molar-refractivity contribution >= 4 is 67.8 Å². The van der Waals surface area contributed by atoms with E-state index >= 15 is 0 Å². The molecule has 0 saturated heterocycles. The average Bonchev–Trinajstić information content (AvgIpc) is 3.21. The summed E-state index contributed by atoms with van der Waals surface area (Å²) in [4.78, 5) is 24.5. The van der Waals surface area contributed by atoms with Gasteiger partial charge in [-0.05, 0) is 51.0 Å². The molecular formula is C19H17Cl2N3O5S2. The van der Waals surface area contributed by atoms with E-state index in [1.165, 1.54) is 6.92 Å². The van der Waals surface area contributed by atoms with E-state index in [4.69, 9.17) is 27.7 Å². The second-order valence-electron chi connectivity index (χ2n) is 6.78. The summed E-state index contributed by atoms with van der Waals surface area (Å²) >= 11 is 12.8. The van der Waals surface area contributed by atoms with Crippen molar-refractivity contribution in [1.29, 1.82) is 0 Å². The predicted octanol–water partition coefficient (Wildman–Crippen LogP) is 5.22. The highest BCUT2D eigenvalue weighted by atomic mass is 35.5. The zero-order chi connectivity index (χ0) is 23.1. The summed E-state index contributed by atoms with van der Waals surface area (Å²) in [5.74, 6) is -1.25. The lowest BCUT2D eigenvalue weighted by Gasteiger charge is -2.14. The Labute approximate surface area is 192 Å². The number of aromatic nitrogens is 1. The molecule has 1 amide bonds. The molecule has 0 aliphatic rings. The van der Waals surface area contributed by atoms with Crippen LogP contribution >= 0.6 is 34.5 Å². The number of hydrogen-bond acceptors (Lipinski definition) is 7. The van der Waals surface area contributed by atoms with E-state index in [1.807, 2.05) is 6.92 Å². The Morgan fingerprint density at radius 2 is 1.81 bits per heavy atom. The summed E-state index contributed by atoms with van der Waals surface area (Å²) in [6.07, 6.45) is 0. The number of carbonyl (C=O) groups excluding carboxylic acids is 2. The molecule has 2 heterocycles. The van der Waals surface area contributed by atoms with Crippen LogP contribution in [-0.2, 0) is 10.0 Å². The van der Waals surface area contributed by atoms with Gasteiger partial charge in [0, 0.05) is 5.56 Å².